The highest BCUT2D eigenvalue weighted by Gasteiger charge is 2.10. The fourth-order valence-electron chi connectivity index (χ4n) is 4.61. The number of hydrogen-bond acceptors (Lipinski definition) is 6. The third kappa shape index (κ3) is 14.5. The normalized spacial score (nSPS) is 11.8. The van der Waals surface area contributed by atoms with Crippen LogP contribution in [0.15, 0.2) is 97.1 Å². The molecule has 0 saturated heterocycles. The first-order valence-electron chi connectivity index (χ1n) is 16.0. The number of aliphatic hydroxyl groups excluding tert-OH is 2. The number of benzene rings is 4. The van der Waals surface area contributed by atoms with Gasteiger partial charge in [-0.15, -0.1) is 0 Å². The molecule has 0 spiro atoms. The van der Waals surface area contributed by atoms with Crippen molar-refractivity contribution in [1.82, 2.24) is 5.32 Å². The first kappa shape index (κ1) is 36.8. The fourth-order valence-corrected chi connectivity index (χ4v) is 4.61. The Morgan fingerprint density at radius 1 is 0.638 bits per heavy atom. The van der Waals surface area contributed by atoms with Crippen LogP contribution in [0.3, 0.4) is 0 Å². The van der Waals surface area contributed by atoms with Gasteiger partial charge < -0.3 is 30.3 Å². The first-order chi connectivity index (χ1) is 22.6. The van der Waals surface area contributed by atoms with Crippen LogP contribution < -0.4 is 20.1 Å². The lowest BCUT2D eigenvalue weighted by atomic mass is 10.1. The maximum atomic E-state index is 11.2. The van der Waals surface area contributed by atoms with Crippen molar-refractivity contribution >= 4 is 17.5 Å². The van der Waals surface area contributed by atoms with E-state index in [1.807, 2.05) is 36.4 Å². The smallest absolute Gasteiger partial charge is 0.221 e. The Morgan fingerprint density at radius 3 is 1.62 bits per heavy atom. The molecule has 4 aromatic carbocycles. The van der Waals surface area contributed by atoms with Crippen LogP contribution in [0.2, 0.25) is 0 Å². The Labute approximate surface area is 278 Å². The average Bonchev–Trinajstić information content (AvgIpc) is 3.06. The number of hydrogen-bond donors (Lipinski definition) is 4. The van der Waals surface area contributed by atoms with Crippen LogP contribution in [0, 0.1) is 13.8 Å². The SMILES string of the molecule is CC(=O)NCc1ccccc1OCC(O)CCc1ccc(C)cc1.CC(=O)Nc1ccccc1OCC(O)CCc1ccc(C)cc1. The molecule has 2 atom stereocenters. The second kappa shape index (κ2) is 19.8. The van der Waals surface area contributed by atoms with Gasteiger partial charge in [0.2, 0.25) is 11.8 Å². The van der Waals surface area contributed by atoms with Crippen molar-refractivity contribution in [3.63, 3.8) is 0 Å². The quantitative estimate of drug-likeness (QED) is 0.121. The summed E-state index contributed by atoms with van der Waals surface area (Å²) < 4.78 is 11.4. The van der Waals surface area contributed by atoms with Crippen LogP contribution in [0.1, 0.15) is 54.5 Å². The van der Waals surface area contributed by atoms with Crippen LogP contribution in [-0.2, 0) is 29.0 Å². The van der Waals surface area contributed by atoms with Crippen LogP contribution in [0.5, 0.6) is 11.5 Å². The predicted octanol–water partition coefficient (Wildman–Crippen LogP) is 6.33. The molecule has 8 nitrogen and oxygen atoms in total. The van der Waals surface area contributed by atoms with Crippen LogP contribution in [-0.4, -0.2) is 47.4 Å². The second-order valence-electron chi connectivity index (χ2n) is 11.7. The average molecular weight is 641 g/mol. The summed E-state index contributed by atoms with van der Waals surface area (Å²) in [6.45, 7) is 7.91. The number of aliphatic hydroxyl groups is 2. The lowest BCUT2D eigenvalue weighted by Gasteiger charge is -2.15. The van der Waals surface area contributed by atoms with Gasteiger partial charge in [-0.3, -0.25) is 9.59 Å². The van der Waals surface area contributed by atoms with Crippen LogP contribution in [0.25, 0.3) is 0 Å². The predicted molar refractivity (Wildman–Crippen MR) is 187 cm³/mol. The van der Waals surface area contributed by atoms with Gasteiger partial charge >= 0.3 is 0 Å². The van der Waals surface area contributed by atoms with Gasteiger partial charge in [-0.25, -0.2) is 0 Å². The van der Waals surface area contributed by atoms with Crippen molar-refractivity contribution in [2.24, 2.45) is 0 Å². The van der Waals surface area contributed by atoms with E-state index < -0.39 is 12.2 Å². The van der Waals surface area contributed by atoms with E-state index in [4.69, 9.17) is 9.47 Å². The molecule has 47 heavy (non-hydrogen) atoms. The Hall–Kier alpha value is -4.66. The Bertz CT molecular complexity index is 1520. The fraction of sp³-hybridized carbons (Fsp3) is 0.333. The van der Waals surface area contributed by atoms with E-state index in [0.717, 1.165) is 18.4 Å². The summed E-state index contributed by atoms with van der Waals surface area (Å²) >= 11 is 0. The monoisotopic (exact) mass is 640 g/mol. The molecule has 0 fully saturated rings. The molecule has 250 valence electrons. The Kier molecular flexibility index (Phi) is 15.5. The van der Waals surface area contributed by atoms with Crippen molar-refractivity contribution in [1.29, 1.82) is 0 Å². The molecular formula is C39H48N2O6. The van der Waals surface area contributed by atoms with Gasteiger partial charge in [0.15, 0.2) is 0 Å². The number of carbonyl (C=O) groups is 2. The molecule has 0 aliphatic rings. The second-order valence-corrected chi connectivity index (χ2v) is 11.7. The zero-order valence-electron chi connectivity index (χ0n) is 27.9. The number of para-hydroxylation sites is 3. The largest absolute Gasteiger partial charge is 0.491 e. The summed E-state index contributed by atoms with van der Waals surface area (Å²) in [7, 11) is 0. The van der Waals surface area contributed by atoms with Gasteiger partial charge in [-0.1, -0.05) is 90.0 Å². The Balaban J connectivity index is 0.000000256. The first-order valence-corrected chi connectivity index (χ1v) is 16.0. The standard InChI is InChI=1S/C20H25NO3.C19H23NO3/c1-15-7-9-17(10-8-15)11-12-19(23)14-24-20-6-4-3-5-18(20)13-21-16(2)22;1-14-7-9-16(10-8-14)11-12-17(22)13-23-19-6-4-3-5-18(19)20-15(2)21/h3-10,19,23H,11-14H2,1-2H3,(H,21,22);3-10,17,22H,11-13H2,1-2H3,(H,20,21). The van der Waals surface area contributed by atoms with Gasteiger partial charge in [-0.2, -0.15) is 0 Å². The third-order valence-corrected chi connectivity index (χ3v) is 7.33. The summed E-state index contributed by atoms with van der Waals surface area (Å²) in [5.74, 6) is 1.03. The van der Waals surface area contributed by atoms with Crippen molar-refractivity contribution < 1.29 is 29.3 Å². The highest BCUT2D eigenvalue weighted by molar-refractivity contribution is 5.90. The number of nitrogens with one attached hydrogen (secondary N) is 2. The number of rotatable bonds is 15. The van der Waals surface area contributed by atoms with Crippen molar-refractivity contribution in [2.45, 2.75) is 72.1 Å². The molecule has 2 amide bonds. The van der Waals surface area contributed by atoms with E-state index >= 15 is 0 Å². The molecule has 4 N–H and O–H groups in total. The van der Waals surface area contributed by atoms with E-state index in [1.54, 1.807) is 12.1 Å². The Morgan fingerprint density at radius 2 is 1.11 bits per heavy atom. The minimum atomic E-state index is -0.554. The molecule has 0 aliphatic carbocycles. The molecule has 4 aromatic rings. The molecule has 0 aromatic heterocycles. The topological polar surface area (TPSA) is 117 Å². The zero-order chi connectivity index (χ0) is 34.0. The van der Waals surface area contributed by atoms with Gasteiger partial charge in [0, 0.05) is 26.0 Å². The number of carbonyl (C=O) groups excluding carboxylic acids is 2. The molecule has 0 saturated carbocycles. The van der Waals surface area contributed by atoms with E-state index in [0.29, 0.717) is 36.6 Å². The molecular weight excluding hydrogens is 592 g/mol. The summed E-state index contributed by atoms with van der Waals surface area (Å²) in [4.78, 5) is 22.2. The summed E-state index contributed by atoms with van der Waals surface area (Å²) in [6, 6.07) is 31.4. The molecule has 0 aliphatic heterocycles. The molecule has 0 heterocycles. The van der Waals surface area contributed by atoms with Crippen LogP contribution >= 0.6 is 0 Å². The third-order valence-electron chi connectivity index (χ3n) is 7.33. The maximum absolute atomic E-state index is 11.2. The minimum absolute atomic E-state index is 0.0806. The number of anilines is 1. The van der Waals surface area contributed by atoms with E-state index in [2.05, 4.69) is 73.0 Å². The summed E-state index contributed by atoms with van der Waals surface area (Å²) in [5, 5.41) is 25.7. The molecule has 4 rings (SSSR count). The number of aryl methyl sites for hydroxylation is 4. The summed E-state index contributed by atoms with van der Waals surface area (Å²) in [6.07, 6.45) is 1.82. The number of amides is 2. The molecule has 8 heteroatoms. The lowest BCUT2D eigenvalue weighted by Crippen LogP contribution is -2.21. The van der Waals surface area contributed by atoms with Gasteiger partial charge in [-0.05, 0) is 68.9 Å². The van der Waals surface area contributed by atoms with Crippen molar-refractivity contribution in [2.75, 3.05) is 18.5 Å². The van der Waals surface area contributed by atoms with Crippen molar-refractivity contribution in [3.8, 4) is 11.5 Å². The lowest BCUT2D eigenvalue weighted by molar-refractivity contribution is -0.119. The minimum Gasteiger partial charge on any atom is -0.491 e. The highest BCUT2D eigenvalue weighted by atomic mass is 16.5. The summed E-state index contributed by atoms with van der Waals surface area (Å²) in [5.41, 5.74) is 6.40. The van der Waals surface area contributed by atoms with Gasteiger partial charge in [0.1, 0.15) is 24.7 Å². The number of ether oxygens (including phenoxy) is 2. The van der Waals surface area contributed by atoms with E-state index in [-0.39, 0.29) is 25.0 Å². The molecule has 0 bridgehead atoms. The highest BCUT2D eigenvalue weighted by Crippen LogP contribution is 2.24. The van der Waals surface area contributed by atoms with Gasteiger partial charge in [0.05, 0.1) is 17.9 Å². The van der Waals surface area contributed by atoms with E-state index in [9.17, 15) is 19.8 Å². The maximum Gasteiger partial charge on any atom is 0.221 e. The molecule has 0 radical (unpaired) electrons. The van der Waals surface area contributed by atoms with E-state index in [1.165, 1.54) is 36.1 Å². The van der Waals surface area contributed by atoms with Gasteiger partial charge in [0.25, 0.3) is 0 Å². The molecule has 2 unspecified atom stereocenters. The van der Waals surface area contributed by atoms with Crippen molar-refractivity contribution in [3.05, 3.63) is 125 Å². The van der Waals surface area contributed by atoms with Crippen LogP contribution in [0.4, 0.5) is 5.69 Å². The zero-order valence-corrected chi connectivity index (χ0v) is 27.9.